The van der Waals surface area contributed by atoms with Crippen molar-refractivity contribution in [2.75, 3.05) is 0 Å². The van der Waals surface area contributed by atoms with Gasteiger partial charge in [0.15, 0.2) is 9.84 Å². The van der Waals surface area contributed by atoms with E-state index in [9.17, 15) is 34.8 Å². The Balaban J connectivity index is 5.28. The van der Waals surface area contributed by atoms with E-state index in [4.69, 9.17) is 0 Å². The minimum Gasteiger partial charge on any atom is -0.228 e. The van der Waals surface area contributed by atoms with Crippen LogP contribution in [0.25, 0.3) is 0 Å². The molecule has 0 N–H and O–H groups in total. The molecule has 0 atom stereocenters. The summed E-state index contributed by atoms with van der Waals surface area (Å²) in [7, 11) is -5.48. The molecule has 0 saturated carbocycles. The maximum absolute atomic E-state index is 11.6. The predicted octanol–water partition coefficient (Wildman–Crippen LogP) is 1.69. The van der Waals surface area contributed by atoms with E-state index in [0.29, 0.717) is 0 Å². The van der Waals surface area contributed by atoms with E-state index in [1.54, 1.807) is 0 Å². The first-order chi connectivity index (χ1) is 5.37. The predicted molar refractivity (Wildman–Crippen MR) is 30.2 cm³/mol. The molecule has 0 aliphatic rings. The average molecular weight is 229 g/mol. The number of rotatable bonds is 1. The molecule has 0 aliphatic carbocycles. The van der Waals surface area contributed by atoms with Crippen molar-refractivity contribution in [1.29, 1.82) is 0 Å². The minimum atomic E-state index is -5.89. The lowest BCUT2D eigenvalue weighted by molar-refractivity contribution is -0.225. The number of alkyl halides is 6. The Hall–Kier alpha value is -0.470. The number of halogens is 6. The highest BCUT2D eigenvalue weighted by Crippen LogP contribution is 2.38. The van der Waals surface area contributed by atoms with Crippen LogP contribution in [0.1, 0.15) is 0 Å². The summed E-state index contributed by atoms with van der Waals surface area (Å²) in [6.45, 7) is 0. The van der Waals surface area contributed by atoms with Crippen molar-refractivity contribution in [3.05, 3.63) is 6.26 Å². The van der Waals surface area contributed by atoms with Crippen LogP contribution in [0.5, 0.6) is 0 Å². The molecule has 0 aromatic heterocycles. The molecular weight excluding hydrogens is 226 g/mol. The summed E-state index contributed by atoms with van der Waals surface area (Å²) in [5.41, 5.74) is 0. The fraction of sp³-hybridized carbons (Fsp3) is 0.750. The maximum atomic E-state index is 11.6. The van der Waals surface area contributed by atoms with Gasteiger partial charge in [-0.1, -0.05) is 0 Å². The molecular formula is C4H3F6O2S. The Bertz CT molecular complexity index is 258. The van der Waals surface area contributed by atoms with Crippen LogP contribution in [0.2, 0.25) is 0 Å². The number of sulfone groups is 1. The Labute approximate surface area is 69.5 Å². The quantitative estimate of drug-likeness (QED) is 0.641. The zero-order chi connectivity index (χ0) is 11.1. The van der Waals surface area contributed by atoms with E-state index in [0.717, 1.165) is 0 Å². The third-order valence-corrected chi connectivity index (χ3v) is 2.21. The second kappa shape index (κ2) is 3.03. The van der Waals surface area contributed by atoms with Crippen molar-refractivity contribution < 1.29 is 34.8 Å². The zero-order valence-corrected chi connectivity index (χ0v) is 6.59. The molecule has 0 aromatic carbocycles. The first-order valence-electron chi connectivity index (χ1n) is 2.57. The van der Waals surface area contributed by atoms with Gasteiger partial charge in [-0.15, -0.1) is 0 Å². The molecule has 1 radical (unpaired) electrons. The van der Waals surface area contributed by atoms with Gasteiger partial charge in [0.1, 0.15) is 0 Å². The fourth-order valence-corrected chi connectivity index (χ4v) is 1.41. The molecule has 0 aromatic rings. The van der Waals surface area contributed by atoms with Crippen molar-refractivity contribution in [3.8, 4) is 0 Å². The van der Waals surface area contributed by atoms with Gasteiger partial charge in [-0.05, 0) is 0 Å². The summed E-state index contributed by atoms with van der Waals surface area (Å²) in [4.78, 5) is 0. The van der Waals surface area contributed by atoms with Gasteiger partial charge in [-0.3, -0.25) is 0 Å². The normalized spacial score (nSPS) is 15.1. The van der Waals surface area contributed by atoms with Crippen molar-refractivity contribution in [2.45, 2.75) is 17.6 Å². The van der Waals surface area contributed by atoms with Crippen LogP contribution >= 0.6 is 0 Å². The van der Waals surface area contributed by atoms with Gasteiger partial charge < -0.3 is 0 Å². The topological polar surface area (TPSA) is 34.1 Å². The average Bonchev–Trinajstić information content (AvgIpc) is 1.44. The molecule has 2 nitrogen and oxygen atoms in total. The standard InChI is InChI=1S/C4H3F6O2S/c1-13(11,12)2(3(5,6)7)4(8,9)10/h2H,1H2. The lowest BCUT2D eigenvalue weighted by Crippen LogP contribution is -2.46. The van der Waals surface area contributed by atoms with Gasteiger partial charge in [-0.2, -0.15) is 26.3 Å². The first kappa shape index (κ1) is 12.5. The zero-order valence-electron chi connectivity index (χ0n) is 5.78. The van der Waals surface area contributed by atoms with Crippen molar-refractivity contribution in [1.82, 2.24) is 0 Å². The summed E-state index contributed by atoms with van der Waals surface area (Å²) in [6, 6.07) is 0. The van der Waals surface area contributed by atoms with Crippen LogP contribution < -0.4 is 0 Å². The number of hydrogen-bond acceptors (Lipinski definition) is 2. The van der Waals surface area contributed by atoms with Crippen LogP contribution in [0, 0.1) is 6.26 Å². The largest absolute Gasteiger partial charge is 0.414 e. The highest BCUT2D eigenvalue weighted by atomic mass is 32.2. The van der Waals surface area contributed by atoms with E-state index in [2.05, 4.69) is 0 Å². The second-order valence-electron chi connectivity index (χ2n) is 2.13. The molecule has 0 aliphatic heterocycles. The Morgan fingerprint density at radius 3 is 1.15 bits per heavy atom. The molecule has 0 heterocycles. The van der Waals surface area contributed by atoms with Crippen LogP contribution in [0.3, 0.4) is 0 Å². The number of hydrogen-bond donors (Lipinski definition) is 0. The van der Waals surface area contributed by atoms with Crippen molar-refractivity contribution in [2.24, 2.45) is 0 Å². The van der Waals surface area contributed by atoms with Gasteiger partial charge in [0.25, 0.3) is 5.25 Å². The Morgan fingerprint density at radius 2 is 1.15 bits per heavy atom. The summed E-state index contributed by atoms with van der Waals surface area (Å²) >= 11 is 0. The smallest absolute Gasteiger partial charge is 0.228 e. The molecule has 0 fully saturated rings. The van der Waals surface area contributed by atoms with Crippen molar-refractivity contribution >= 4 is 9.84 Å². The lowest BCUT2D eigenvalue weighted by atomic mass is 10.4. The fourth-order valence-electron chi connectivity index (χ4n) is 0.593. The molecule has 0 unspecified atom stereocenters. The third kappa shape index (κ3) is 3.41. The lowest BCUT2D eigenvalue weighted by Gasteiger charge is -2.20. The maximum Gasteiger partial charge on any atom is 0.414 e. The summed E-state index contributed by atoms with van der Waals surface area (Å²) < 4.78 is 89.6. The van der Waals surface area contributed by atoms with Crippen LogP contribution in [-0.4, -0.2) is 26.0 Å². The molecule has 0 rings (SSSR count). The molecule has 0 amide bonds. The molecule has 0 saturated heterocycles. The summed E-state index contributed by atoms with van der Waals surface area (Å²) in [5, 5.41) is -4.41. The summed E-state index contributed by atoms with van der Waals surface area (Å²) in [6.07, 6.45) is -9.94. The van der Waals surface area contributed by atoms with Crippen LogP contribution in [0.15, 0.2) is 0 Å². The van der Waals surface area contributed by atoms with E-state index in [1.165, 1.54) is 0 Å². The van der Waals surface area contributed by atoms with Gasteiger partial charge >= 0.3 is 12.4 Å². The van der Waals surface area contributed by atoms with E-state index in [-0.39, 0.29) is 0 Å². The van der Waals surface area contributed by atoms with E-state index < -0.39 is 27.4 Å². The van der Waals surface area contributed by atoms with Crippen LogP contribution in [0.4, 0.5) is 26.3 Å². The Morgan fingerprint density at radius 1 is 0.923 bits per heavy atom. The third-order valence-electron chi connectivity index (χ3n) is 0.954. The highest BCUT2D eigenvalue weighted by Gasteiger charge is 2.62. The Kier molecular flexibility index (Phi) is 2.92. The molecule has 0 bridgehead atoms. The van der Waals surface area contributed by atoms with Gasteiger partial charge in [0.2, 0.25) is 0 Å². The SMILES string of the molecule is [CH2]S(=O)(=O)C(C(F)(F)F)C(F)(F)F. The monoisotopic (exact) mass is 229 g/mol. The van der Waals surface area contributed by atoms with E-state index >= 15 is 0 Å². The van der Waals surface area contributed by atoms with Gasteiger partial charge in [0.05, 0.1) is 6.26 Å². The minimum absolute atomic E-state index is 1.84. The molecule has 0 spiro atoms. The van der Waals surface area contributed by atoms with Gasteiger partial charge in [0, 0.05) is 0 Å². The second-order valence-corrected chi connectivity index (χ2v) is 3.92. The molecule has 79 valence electrons. The molecule has 9 heteroatoms. The summed E-state index contributed by atoms with van der Waals surface area (Å²) in [5.74, 6) is 0. The highest BCUT2D eigenvalue weighted by molar-refractivity contribution is 7.93. The van der Waals surface area contributed by atoms with Gasteiger partial charge in [-0.25, -0.2) is 8.42 Å². The first-order valence-corrected chi connectivity index (χ1v) is 4.28. The van der Waals surface area contributed by atoms with Crippen LogP contribution in [-0.2, 0) is 9.84 Å². The van der Waals surface area contributed by atoms with E-state index in [1.807, 2.05) is 6.26 Å². The van der Waals surface area contributed by atoms with Crippen molar-refractivity contribution in [3.63, 3.8) is 0 Å². The molecule has 13 heavy (non-hydrogen) atoms.